The van der Waals surface area contributed by atoms with Gasteiger partial charge in [0.2, 0.25) is 0 Å². The SMILES string of the molecule is C.C.C.C.C.CCCCCCC(CCCCCC(=O)O)(OC)C(C)=O.CCCCCCC(OC)C(C)=O.[2HH]. The van der Waals surface area contributed by atoms with Gasteiger partial charge in [-0.1, -0.05) is 115 Å². The molecule has 0 aromatic rings. The van der Waals surface area contributed by atoms with E-state index in [1.54, 1.807) is 28.1 Å². The first-order valence-corrected chi connectivity index (χ1v) is 12.5. The summed E-state index contributed by atoms with van der Waals surface area (Å²) in [5.41, 5.74) is -0.656. The van der Waals surface area contributed by atoms with E-state index >= 15 is 0 Å². The van der Waals surface area contributed by atoms with E-state index in [-0.39, 0.29) is 62.7 Å². The van der Waals surface area contributed by atoms with Crippen molar-refractivity contribution in [3.05, 3.63) is 0 Å². The van der Waals surface area contributed by atoms with E-state index in [0.717, 1.165) is 44.9 Å². The molecule has 0 aromatic heterocycles. The van der Waals surface area contributed by atoms with Gasteiger partial charge in [0.05, 0.1) is 0 Å². The Balaban J connectivity index is -0.0000000739. The number of Topliss-reactive ketones (excluding diaryl/α,β-unsaturated/α-hetero) is 2. The van der Waals surface area contributed by atoms with E-state index in [1.165, 1.54) is 32.1 Å². The fourth-order valence-corrected chi connectivity index (χ4v) is 3.77. The van der Waals surface area contributed by atoms with Crippen LogP contribution in [0, 0.1) is 0 Å². The Labute approximate surface area is 235 Å². The van der Waals surface area contributed by atoms with Crippen molar-refractivity contribution in [2.45, 2.75) is 173 Å². The number of rotatable bonds is 20. The third-order valence-corrected chi connectivity index (χ3v) is 6.00. The van der Waals surface area contributed by atoms with Gasteiger partial charge < -0.3 is 14.6 Å². The highest BCUT2D eigenvalue weighted by atomic mass is 16.5. The molecule has 2 unspecified atom stereocenters. The van der Waals surface area contributed by atoms with E-state index in [0.29, 0.717) is 12.8 Å². The van der Waals surface area contributed by atoms with Crippen molar-refractivity contribution in [2.24, 2.45) is 0 Å². The second-order valence-corrected chi connectivity index (χ2v) is 8.70. The molecule has 37 heavy (non-hydrogen) atoms. The summed E-state index contributed by atoms with van der Waals surface area (Å²) in [4.78, 5) is 33.3. The molecule has 1 N–H and O–H groups in total. The van der Waals surface area contributed by atoms with Crippen molar-refractivity contribution in [3.63, 3.8) is 0 Å². The minimum absolute atomic E-state index is 0. The molecular weight excluding hydrogens is 468 g/mol. The number of carboxylic acid groups (broad SMARTS) is 1. The Morgan fingerprint density at radius 2 is 1.16 bits per heavy atom. The van der Waals surface area contributed by atoms with Crippen molar-refractivity contribution in [1.82, 2.24) is 0 Å². The highest BCUT2D eigenvalue weighted by Gasteiger charge is 2.33. The summed E-state index contributed by atoms with van der Waals surface area (Å²) in [5, 5.41) is 8.59. The molecular formula is C31H72O6. The van der Waals surface area contributed by atoms with Gasteiger partial charge in [0.25, 0.3) is 0 Å². The van der Waals surface area contributed by atoms with Crippen LogP contribution < -0.4 is 0 Å². The number of hydrogen-bond acceptors (Lipinski definition) is 5. The van der Waals surface area contributed by atoms with Crippen LogP contribution in [0.1, 0.15) is 163 Å². The van der Waals surface area contributed by atoms with Crippen LogP contribution >= 0.6 is 0 Å². The number of carbonyl (C=O) groups excluding carboxylic acids is 2. The predicted molar refractivity (Wildman–Crippen MR) is 166 cm³/mol. The fourth-order valence-electron chi connectivity index (χ4n) is 3.77. The number of unbranched alkanes of at least 4 members (excludes halogenated alkanes) is 8. The molecule has 6 heteroatoms. The number of methoxy groups -OCH3 is 2. The minimum Gasteiger partial charge on any atom is -0.481 e. The maximum absolute atomic E-state index is 11.9. The van der Waals surface area contributed by atoms with Crippen LogP contribution in [0.15, 0.2) is 0 Å². The normalized spacial score (nSPS) is 11.7. The molecule has 232 valence electrons. The zero-order chi connectivity index (χ0) is 24.8. The standard InChI is InChI=1S/C16H30O4.C10H20O2.5CH4.H2/c1-4-5-6-9-12-16(20-3,14(2)17)13-10-7-8-11-15(18)19;1-4-5-6-7-8-10(12-3)9(2)11;;;;;;/h4-13H2,1-3H3,(H,18,19);10H,4-8H2,1-3H3;5*1H4;1H/i;;;;;;;1+1. The first-order valence-electron chi connectivity index (χ1n) is 12.5. The molecule has 0 aliphatic rings. The summed E-state index contributed by atoms with van der Waals surface area (Å²) >= 11 is 0. The highest BCUT2D eigenvalue weighted by Crippen LogP contribution is 2.27. The lowest BCUT2D eigenvalue weighted by atomic mass is 9.86. The Bertz CT molecular complexity index is 499. The Morgan fingerprint density at radius 1 is 0.730 bits per heavy atom. The molecule has 0 bridgehead atoms. The number of carboxylic acids is 1. The zero-order valence-electron chi connectivity index (χ0n) is 21.7. The molecule has 0 aliphatic heterocycles. The van der Waals surface area contributed by atoms with E-state index in [9.17, 15) is 14.4 Å². The van der Waals surface area contributed by atoms with Gasteiger partial charge in [-0.05, 0) is 39.5 Å². The van der Waals surface area contributed by atoms with Gasteiger partial charge in [-0.3, -0.25) is 14.4 Å². The molecule has 0 aliphatic carbocycles. The Morgan fingerprint density at radius 3 is 1.49 bits per heavy atom. The minimum atomic E-state index is -0.755. The van der Waals surface area contributed by atoms with Crippen LogP contribution in [0.2, 0.25) is 0 Å². The maximum atomic E-state index is 11.9. The van der Waals surface area contributed by atoms with Crippen molar-refractivity contribution in [3.8, 4) is 0 Å². The van der Waals surface area contributed by atoms with Crippen LogP contribution in [0.4, 0.5) is 0 Å². The summed E-state index contributed by atoms with van der Waals surface area (Å²) in [5.74, 6) is -0.516. The van der Waals surface area contributed by atoms with Gasteiger partial charge in [0.15, 0.2) is 11.6 Å². The summed E-state index contributed by atoms with van der Waals surface area (Å²) in [6, 6.07) is 0. The monoisotopic (exact) mass is 542 g/mol. The van der Waals surface area contributed by atoms with Crippen molar-refractivity contribution >= 4 is 17.5 Å². The second-order valence-electron chi connectivity index (χ2n) is 8.70. The van der Waals surface area contributed by atoms with E-state index < -0.39 is 11.6 Å². The second kappa shape index (κ2) is 34.7. The number of ketones is 2. The first-order chi connectivity index (χ1) is 15.2. The largest absolute Gasteiger partial charge is 0.481 e. The van der Waals surface area contributed by atoms with Gasteiger partial charge in [0.1, 0.15) is 11.7 Å². The molecule has 0 amide bonds. The molecule has 0 radical (unpaired) electrons. The summed E-state index contributed by atoms with van der Waals surface area (Å²) in [6.45, 7) is 7.53. The van der Waals surface area contributed by atoms with Crippen LogP contribution in [0.25, 0.3) is 0 Å². The predicted octanol–water partition coefficient (Wildman–Crippen LogP) is 9.95. The van der Waals surface area contributed by atoms with Gasteiger partial charge >= 0.3 is 5.97 Å². The number of ether oxygens (including phenoxy) is 2. The molecule has 0 heterocycles. The Kier molecular flexibility index (Phi) is 49.0. The van der Waals surface area contributed by atoms with E-state index in [4.69, 9.17) is 14.6 Å². The lowest BCUT2D eigenvalue weighted by Gasteiger charge is -2.30. The molecule has 0 spiro atoms. The van der Waals surface area contributed by atoms with Crippen LogP contribution in [-0.4, -0.2) is 48.6 Å². The van der Waals surface area contributed by atoms with Crippen molar-refractivity contribution < 1.29 is 30.4 Å². The van der Waals surface area contributed by atoms with E-state index in [1.807, 2.05) is 0 Å². The molecule has 0 aromatic carbocycles. The summed E-state index contributed by atoms with van der Waals surface area (Å²) < 4.78 is 10.6. The number of carbonyl (C=O) groups is 3. The average molecular weight is 542 g/mol. The maximum Gasteiger partial charge on any atom is 0.303 e. The van der Waals surface area contributed by atoms with Crippen molar-refractivity contribution in [1.29, 1.82) is 0 Å². The van der Waals surface area contributed by atoms with Gasteiger partial charge in [-0.25, -0.2) is 0 Å². The van der Waals surface area contributed by atoms with Gasteiger partial charge in [-0.15, -0.1) is 0 Å². The third-order valence-electron chi connectivity index (χ3n) is 6.00. The molecule has 2 atom stereocenters. The quantitative estimate of drug-likeness (QED) is 0.154. The highest BCUT2D eigenvalue weighted by molar-refractivity contribution is 5.84. The summed E-state index contributed by atoms with van der Waals surface area (Å²) in [7, 11) is 3.21. The lowest BCUT2D eigenvalue weighted by Crippen LogP contribution is -2.39. The number of hydrogen-bond donors (Lipinski definition) is 1. The zero-order valence-corrected chi connectivity index (χ0v) is 21.7. The topological polar surface area (TPSA) is 89.9 Å². The van der Waals surface area contributed by atoms with Gasteiger partial charge in [0, 0.05) is 22.1 Å². The molecule has 0 saturated carbocycles. The Hall–Kier alpha value is -1.27. The summed E-state index contributed by atoms with van der Waals surface area (Å²) in [6.07, 6.45) is 14.1. The van der Waals surface area contributed by atoms with Crippen LogP contribution in [-0.2, 0) is 23.9 Å². The van der Waals surface area contributed by atoms with Crippen molar-refractivity contribution in [2.75, 3.05) is 14.2 Å². The molecule has 0 rings (SSSR count). The first kappa shape index (κ1) is 52.2. The van der Waals surface area contributed by atoms with Crippen LogP contribution in [0.5, 0.6) is 0 Å². The third kappa shape index (κ3) is 29.1. The molecule has 0 saturated heterocycles. The fraction of sp³-hybridized carbons (Fsp3) is 0.903. The van der Waals surface area contributed by atoms with Gasteiger partial charge in [-0.2, -0.15) is 0 Å². The average Bonchev–Trinajstić information content (AvgIpc) is 2.75. The molecule has 0 fully saturated rings. The number of aliphatic carboxylic acids is 1. The molecule has 6 nitrogen and oxygen atoms in total. The smallest absolute Gasteiger partial charge is 0.303 e. The lowest BCUT2D eigenvalue weighted by molar-refractivity contribution is -0.141. The van der Waals surface area contributed by atoms with Crippen LogP contribution in [0.3, 0.4) is 0 Å². The van der Waals surface area contributed by atoms with E-state index in [2.05, 4.69) is 13.8 Å².